The summed E-state index contributed by atoms with van der Waals surface area (Å²) in [5.41, 5.74) is 3.38. The number of carbonyl (C=O) groups excluding carboxylic acids is 1. The second-order valence-electron chi connectivity index (χ2n) is 8.51. The van der Waals surface area contributed by atoms with Gasteiger partial charge in [0.1, 0.15) is 0 Å². The highest BCUT2D eigenvalue weighted by molar-refractivity contribution is 5.67. The van der Waals surface area contributed by atoms with Crippen molar-refractivity contribution in [3.05, 3.63) is 29.2 Å². The van der Waals surface area contributed by atoms with E-state index in [9.17, 15) is 18.0 Å². The molecule has 2 aromatic heterocycles. The number of halogens is 3. The summed E-state index contributed by atoms with van der Waals surface area (Å²) in [6.45, 7) is 3.14. The summed E-state index contributed by atoms with van der Waals surface area (Å²) in [4.78, 5) is 18.3. The fourth-order valence-electron chi connectivity index (χ4n) is 4.87. The normalized spacial score (nSPS) is 25.5. The van der Waals surface area contributed by atoms with E-state index in [1.807, 2.05) is 23.6 Å². The number of nitrogens with zero attached hydrogens (tertiary/aromatic N) is 4. The van der Waals surface area contributed by atoms with Gasteiger partial charge in [-0.3, -0.25) is 0 Å². The van der Waals surface area contributed by atoms with Crippen molar-refractivity contribution in [1.29, 1.82) is 0 Å². The maximum absolute atomic E-state index is 13.0. The highest BCUT2D eigenvalue weighted by Crippen LogP contribution is 2.42. The zero-order valence-electron chi connectivity index (χ0n) is 17.3. The third kappa shape index (κ3) is 4.11. The van der Waals surface area contributed by atoms with Crippen molar-refractivity contribution in [2.24, 2.45) is 5.92 Å². The zero-order valence-corrected chi connectivity index (χ0v) is 17.3. The summed E-state index contributed by atoms with van der Waals surface area (Å²) < 4.78 is 45.7. The number of rotatable bonds is 2. The smallest absolute Gasteiger partial charge is 0.409 e. The molecule has 0 aromatic carbocycles. The average Bonchev–Trinajstić information content (AvgIpc) is 3.16. The van der Waals surface area contributed by atoms with Crippen LogP contribution in [-0.4, -0.2) is 52.0 Å². The monoisotopic (exact) mass is 424 g/mol. The Kier molecular flexibility index (Phi) is 5.63. The van der Waals surface area contributed by atoms with Gasteiger partial charge in [-0.25, -0.2) is 14.3 Å². The second kappa shape index (κ2) is 8.07. The topological polar surface area (TPSA) is 59.7 Å². The standard InChI is InChI=1S/C21H27F3N4O2/c1-13-10-18(15-4-3-9-27(12-15)20(29)30-2)28-19(25-13)11-17(26-28)14-5-7-16(8-6-14)21(22,23)24/h10-11,14-16H,3-9,12H2,1-2H3/t14-,15-,16-/m0/s1. The van der Waals surface area contributed by atoms with Crippen molar-refractivity contribution in [3.8, 4) is 0 Å². The first-order chi connectivity index (χ1) is 14.3. The molecule has 2 aromatic rings. The molecule has 0 N–H and O–H groups in total. The van der Waals surface area contributed by atoms with Gasteiger partial charge >= 0.3 is 12.3 Å². The van der Waals surface area contributed by atoms with Crippen LogP contribution in [-0.2, 0) is 4.74 Å². The molecular formula is C21H27F3N4O2. The van der Waals surface area contributed by atoms with E-state index in [0.717, 1.165) is 29.9 Å². The van der Waals surface area contributed by atoms with E-state index < -0.39 is 12.1 Å². The number of amides is 1. The number of fused-ring (bicyclic) bond motifs is 1. The van der Waals surface area contributed by atoms with Crippen molar-refractivity contribution >= 4 is 11.7 Å². The van der Waals surface area contributed by atoms with Gasteiger partial charge in [-0.1, -0.05) is 0 Å². The van der Waals surface area contributed by atoms with Crippen LogP contribution in [0, 0.1) is 12.8 Å². The summed E-state index contributed by atoms with van der Waals surface area (Å²) in [6, 6.07) is 3.91. The number of likely N-dealkylation sites (tertiary alicyclic amines) is 1. The maximum Gasteiger partial charge on any atom is 0.409 e. The molecule has 1 aliphatic heterocycles. The predicted octanol–water partition coefficient (Wildman–Crippen LogP) is 4.82. The molecule has 6 nitrogen and oxygen atoms in total. The van der Waals surface area contributed by atoms with Crippen molar-refractivity contribution in [2.45, 2.75) is 63.5 Å². The molecule has 1 amide bonds. The molecule has 0 spiro atoms. The van der Waals surface area contributed by atoms with Crippen LogP contribution in [0.4, 0.5) is 18.0 Å². The number of aromatic nitrogens is 3. The maximum atomic E-state index is 13.0. The quantitative estimate of drug-likeness (QED) is 0.694. The molecule has 0 unspecified atom stereocenters. The molecule has 1 aliphatic carbocycles. The van der Waals surface area contributed by atoms with Gasteiger partial charge in [0.15, 0.2) is 5.65 Å². The molecular weight excluding hydrogens is 397 g/mol. The van der Waals surface area contributed by atoms with Gasteiger partial charge in [-0.05, 0) is 51.5 Å². The summed E-state index contributed by atoms with van der Waals surface area (Å²) in [5, 5.41) is 4.77. The number of alkyl halides is 3. The van der Waals surface area contributed by atoms with Gasteiger partial charge < -0.3 is 9.64 Å². The SMILES string of the molecule is COC(=O)N1CCC[C@H](c2cc(C)nc3cc([C@H]4CC[C@H](C(F)(F)F)CC4)nn23)C1. The summed E-state index contributed by atoms with van der Waals surface area (Å²) >= 11 is 0. The molecule has 2 fully saturated rings. The van der Waals surface area contributed by atoms with E-state index in [1.165, 1.54) is 7.11 Å². The van der Waals surface area contributed by atoms with Crippen LogP contribution in [0.5, 0.6) is 0 Å². The fourth-order valence-corrected chi connectivity index (χ4v) is 4.87. The number of aryl methyl sites for hydroxylation is 1. The molecule has 0 bridgehead atoms. The highest BCUT2D eigenvalue weighted by atomic mass is 19.4. The molecule has 4 rings (SSSR count). The van der Waals surface area contributed by atoms with Crippen molar-refractivity contribution < 1.29 is 22.7 Å². The Labute approximate surface area is 173 Å². The minimum absolute atomic E-state index is 0.0244. The average molecular weight is 424 g/mol. The minimum Gasteiger partial charge on any atom is -0.453 e. The number of ether oxygens (including phenoxy) is 1. The summed E-state index contributed by atoms with van der Waals surface area (Å²) in [7, 11) is 1.38. The van der Waals surface area contributed by atoms with Crippen LogP contribution >= 0.6 is 0 Å². The molecule has 9 heteroatoms. The molecule has 0 radical (unpaired) electrons. The van der Waals surface area contributed by atoms with E-state index in [1.54, 1.807) is 4.90 Å². The molecule has 3 heterocycles. The number of hydrogen-bond donors (Lipinski definition) is 0. The lowest BCUT2D eigenvalue weighted by atomic mass is 9.80. The third-order valence-corrected chi connectivity index (χ3v) is 6.48. The first-order valence-electron chi connectivity index (χ1n) is 10.5. The lowest BCUT2D eigenvalue weighted by molar-refractivity contribution is -0.182. The molecule has 1 saturated carbocycles. The van der Waals surface area contributed by atoms with Crippen LogP contribution in [0.1, 0.15) is 67.4 Å². The Morgan fingerprint density at radius 3 is 2.53 bits per heavy atom. The Balaban J connectivity index is 1.59. The van der Waals surface area contributed by atoms with Gasteiger partial charge in [0.2, 0.25) is 0 Å². The minimum atomic E-state index is -4.11. The van der Waals surface area contributed by atoms with E-state index >= 15 is 0 Å². The van der Waals surface area contributed by atoms with Gasteiger partial charge in [-0.2, -0.15) is 18.3 Å². The van der Waals surface area contributed by atoms with Crippen LogP contribution in [0.3, 0.4) is 0 Å². The van der Waals surface area contributed by atoms with E-state index in [4.69, 9.17) is 9.84 Å². The van der Waals surface area contributed by atoms with Crippen LogP contribution in [0.25, 0.3) is 5.65 Å². The van der Waals surface area contributed by atoms with Gasteiger partial charge in [0, 0.05) is 36.7 Å². The first-order valence-corrected chi connectivity index (χ1v) is 10.5. The lowest BCUT2D eigenvalue weighted by Crippen LogP contribution is -2.39. The van der Waals surface area contributed by atoms with Crippen LogP contribution < -0.4 is 0 Å². The molecule has 164 valence electrons. The van der Waals surface area contributed by atoms with E-state index in [-0.39, 0.29) is 30.8 Å². The lowest BCUT2D eigenvalue weighted by Gasteiger charge is -2.32. The molecule has 1 saturated heterocycles. The second-order valence-corrected chi connectivity index (χ2v) is 8.51. The fraction of sp³-hybridized carbons (Fsp3) is 0.667. The van der Waals surface area contributed by atoms with Gasteiger partial charge in [0.05, 0.1) is 24.4 Å². The summed E-state index contributed by atoms with van der Waals surface area (Å²) in [6.07, 6.45) is -1.36. The first kappa shape index (κ1) is 20.9. The van der Waals surface area contributed by atoms with Crippen molar-refractivity contribution in [3.63, 3.8) is 0 Å². The zero-order chi connectivity index (χ0) is 21.5. The third-order valence-electron chi connectivity index (χ3n) is 6.48. The number of carbonyl (C=O) groups is 1. The van der Waals surface area contributed by atoms with Crippen LogP contribution in [0.2, 0.25) is 0 Å². The molecule has 2 aliphatic rings. The Bertz CT molecular complexity index is 919. The number of methoxy groups -OCH3 is 1. The van der Waals surface area contributed by atoms with Crippen molar-refractivity contribution in [1.82, 2.24) is 19.5 Å². The Morgan fingerprint density at radius 2 is 1.87 bits per heavy atom. The summed E-state index contributed by atoms with van der Waals surface area (Å²) in [5.74, 6) is -1.07. The van der Waals surface area contributed by atoms with E-state index in [2.05, 4.69) is 4.98 Å². The highest BCUT2D eigenvalue weighted by Gasteiger charge is 2.42. The van der Waals surface area contributed by atoms with Gasteiger partial charge in [0.25, 0.3) is 0 Å². The molecule has 1 atom stereocenters. The predicted molar refractivity (Wildman–Crippen MR) is 104 cm³/mol. The Morgan fingerprint density at radius 1 is 1.13 bits per heavy atom. The van der Waals surface area contributed by atoms with Crippen molar-refractivity contribution in [2.75, 3.05) is 20.2 Å². The number of piperidine rings is 1. The Hall–Kier alpha value is -2.32. The largest absolute Gasteiger partial charge is 0.453 e. The number of hydrogen-bond acceptors (Lipinski definition) is 4. The van der Waals surface area contributed by atoms with Crippen LogP contribution in [0.15, 0.2) is 12.1 Å². The van der Waals surface area contributed by atoms with Gasteiger partial charge in [-0.15, -0.1) is 0 Å². The molecule has 30 heavy (non-hydrogen) atoms. The van der Waals surface area contributed by atoms with E-state index in [0.29, 0.717) is 31.6 Å².